The first-order valence-electron chi connectivity index (χ1n) is 7.26. The highest BCUT2D eigenvalue weighted by Crippen LogP contribution is 2.24. The van der Waals surface area contributed by atoms with Gasteiger partial charge >= 0.3 is 0 Å². The van der Waals surface area contributed by atoms with E-state index < -0.39 is 0 Å². The number of amides is 1. The Morgan fingerprint density at radius 3 is 2.75 bits per heavy atom. The van der Waals surface area contributed by atoms with Gasteiger partial charge in [-0.3, -0.25) is 4.79 Å². The van der Waals surface area contributed by atoms with Crippen molar-refractivity contribution in [3.8, 4) is 0 Å². The minimum atomic E-state index is -0.0437. The molecular formula is C16H25ClN2O. The molecule has 0 saturated carbocycles. The van der Waals surface area contributed by atoms with Crippen LogP contribution in [0.1, 0.15) is 37.7 Å². The van der Waals surface area contributed by atoms with Gasteiger partial charge in [0, 0.05) is 13.1 Å². The SMILES string of the molecule is CC(C(=O)N1CCCC(CCN)C1)c1ccccc1.Cl. The fraction of sp³-hybridized carbons (Fsp3) is 0.562. The molecular weight excluding hydrogens is 272 g/mol. The maximum atomic E-state index is 12.5. The Balaban J connectivity index is 0.00000200. The van der Waals surface area contributed by atoms with E-state index in [1.54, 1.807) is 0 Å². The molecule has 2 rings (SSSR count). The van der Waals surface area contributed by atoms with Crippen LogP contribution >= 0.6 is 12.4 Å². The van der Waals surface area contributed by atoms with Gasteiger partial charge in [0.05, 0.1) is 5.92 Å². The van der Waals surface area contributed by atoms with Crippen LogP contribution in [0, 0.1) is 5.92 Å². The van der Waals surface area contributed by atoms with E-state index in [0.29, 0.717) is 5.92 Å². The van der Waals surface area contributed by atoms with Crippen molar-refractivity contribution in [2.45, 2.75) is 32.1 Å². The molecule has 0 radical (unpaired) electrons. The lowest BCUT2D eigenvalue weighted by Gasteiger charge is -2.34. The zero-order valence-corrected chi connectivity index (χ0v) is 12.9. The van der Waals surface area contributed by atoms with Crippen LogP contribution in [-0.4, -0.2) is 30.4 Å². The molecule has 112 valence electrons. The summed E-state index contributed by atoms with van der Waals surface area (Å²) >= 11 is 0. The van der Waals surface area contributed by atoms with Gasteiger partial charge in [0.2, 0.25) is 5.91 Å². The first kappa shape index (κ1) is 17.0. The summed E-state index contributed by atoms with van der Waals surface area (Å²) in [5.41, 5.74) is 6.73. The van der Waals surface area contributed by atoms with E-state index in [0.717, 1.165) is 38.0 Å². The zero-order valence-electron chi connectivity index (χ0n) is 12.1. The van der Waals surface area contributed by atoms with E-state index >= 15 is 0 Å². The lowest BCUT2D eigenvalue weighted by Crippen LogP contribution is -2.42. The average molecular weight is 297 g/mol. The molecule has 0 aromatic heterocycles. The van der Waals surface area contributed by atoms with E-state index in [1.807, 2.05) is 42.2 Å². The molecule has 4 heteroatoms. The van der Waals surface area contributed by atoms with Gasteiger partial charge in [-0.25, -0.2) is 0 Å². The van der Waals surface area contributed by atoms with Crippen LogP contribution in [0.5, 0.6) is 0 Å². The standard InChI is InChI=1S/C16H24N2O.ClH/c1-13(15-7-3-2-4-8-15)16(19)18-11-5-6-14(12-18)9-10-17;/h2-4,7-8,13-14H,5-6,9-12,17H2,1H3;1H. The lowest BCUT2D eigenvalue weighted by molar-refractivity contribution is -0.134. The molecule has 0 aliphatic carbocycles. The molecule has 2 N–H and O–H groups in total. The predicted octanol–water partition coefficient (Wildman–Crippen LogP) is 2.80. The van der Waals surface area contributed by atoms with Gasteiger partial charge in [-0.15, -0.1) is 12.4 Å². The van der Waals surface area contributed by atoms with E-state index in [4.69, 9.17) is 5.73 Å². The summed E-state index contributed by atoms with van der Waals surface area (Å²) < 4.78 is 0. The summed E-state index contributed by atoms with van der Waals surface area (Å²) in [5.74, 6) is 0.802. The summed E-state index contributed by atoms with van der Waals surface area (Å²) in [7, 11) is 0. The number of carbonyl (C=O) groups is 1. The highest BCUT2D eigenvalue weighted by Gasteiger charge is 2.26. The quantitative estimate of drug-likeness (QED) is 0.929. The van der Waals surface area contributed by atoms with E-state index in [2.05, 4.69) is 0 Å². The maximum Gasteiger partial charge on any atom is 0.229 e. The molecule has 1 fully saturated rings. The number of carbonyl (C=O) groups excluding carboxylic acids is 1. The molecule has 0 spiro atoms. The van der Waals surface area contributed by atoms with Crippen LogP contribution in [0.2, 0.25) is 0 Å². The van der Waals surface area contributed by atoms with Gasteiger partial charge in [0.1, 0.15) is 0 Å². The van der Waals surface area contributed by atoms with Crippen molar-refractivity contribution in [3.63, 3.8) is 0 Å². The first-order valence-corrected chi connectivity index (χ1v) is 7.26. The van der Waals surface area contributed by atoms with Crippen molar-refractivity contribution in [1.82, 2.24) is 4.90 Å². The van der Waals surface area contributed by atoms with Gasteiger partial charge < -0.3 is 10.6 Å². The molecule has 1 heterocycles. The number of halogens is 1. The predicted molar refractivity (Wildman–Crippen MR) is 85.1 cm³/mol. The highest BCUT2D eigenvalue weighted by atomic mass is 35.5. The second-order valence-electron chi connectivity index (χ2n) is 5.50. The summed E-state index contributed by atoms with van der Waals surface area (Å²) in [6.45, 7) is 4.51. The molecule has 0 bridgehead atoms. The van der Waals surface area contributed by atoms with Crippen molar-refractivity contribution < 1.29 is 4.79 Å². The number of rotatable bonds is 4. The molecule has 2 unspecified atom stereocenters. The summed E-state index contributed by atoms with van der Waals surface area (Å²) in [6.07, 6.45) is 3.35. The monoisotopic (exact) mass is 296 g/mol. The van der Waals surface area contributed by atoms with Gasteiger partial charge in [0.15, 0.2) is 0 Å². The summed E-state index contributed by atoms with van der Waals surface area (Å²) in [6, 6.07) is 10.0. The topological polar surface area (TPSA) is 46.3 Å². The third-order valence-electron chi connectivity index (χ3n) is 4.08. The van der Waals surface area contributed by atoms with Crippen LogP contribution in [0.25, 0.3) is 0 Å². The minimum absolute atomic E-state index is 0. The minimum Gasteiger partial charge on any atom is -0.342 e. The normalized spacial score (nSPS) is 20.1. The van der Waals surface area contributed by atoms with Crippen molar-refractivity contribution in [2.75, 3.05) is 19.6 Å². The molecule has 1 aromatic rings. The fourth-order valence-electron chi connectivity index (χ4n) is 2.89. The molecule has 2 atom stereocenters. The van der Waals surface area contributed by atoms with Gasteiger partial charge in [-0.2, -0.15) is 0 Å². The van der Waals surface area contributed by atoms with Gasteiger partial charge in [-0.1, -0.05) is 30.3 Å². The molecule has 1 saturated heterocycles. The van der Waals surface area contributed by atoms with Gasteiger partial charge in [-0.05, 0) is 44.2 Å². The average Bonchev–Trinajstić information content (AvgIpc) is 2.47. The largest absolute Gasteiger partial charge is 0.342 e. The molecule has 1 aromatic carbocycles. The molecule has 1 aliphatic rings. The van der Waals surface area contributed by atoms with Crippen molar-refractivity contribution in [2.24, 2.45) is 11.7 Å². The number of piperidine rings is 1. The second-order valence-corrected chi connectivity index (χ2v) is 5.50. The maximum absolute atomic E-state index is 12.5. The fourth-order valence-corrected chi connectivity index (χ4v) is 2.89. The number of likely N-dealkylation sites (tertiary alicyclic amines) is 1. The lowest BCUT2D eigenvalue weighted by atomic mass is 9.92. The highest BCUT2D eigenvalue weighted by molar-refractivity contribution is 5.85. The van der Waals surface area contributed by atoms with Crippen molar-refractivity contribution in [3.05, 3.63) is 35.9 Å². The smallest absolute Gasteiger partial charge is 0.229 e. The molecule has 3 nitrogen and oxygen atoms in total. The summed E-state index contributed by atoms with van der Waals surface area (Å²) in [4.78, 5) is 14.6. The van der Waals surface area contributed by atoms with Crippen LogP contribution in [-0.2, 0) is 4.79 Å². The molecule has 20 heavy (non-hydrogen) atoms. The van der Waals surface area contributed by atoms with Crippen molar-refractivity contribution in [1.29, 1.82) is 0 Å². The molecule has 1 amide bonds. The van der Waals surface area contributed by atoms with Crippen LogP contribution in [0.15, 0.2) is 30.3 Å². The number of hydrogen-bond donors (Lipinski definition) is 1. The van der Waals surface area contributed by atoms with Crippen LogP contribution < -0.4 is 5.73 Å². The third-order valence-corrected chi connectivity index (χ3v) is 4.08. The summed E-state index contributed by atoms with van der Waals surface area (Å²) in [5, 5.41) is 0. The van der Waals surface area contributed by atoms with Crippen LogP contribution in [0.3, 0.4) is 0 Å². The number of nitrogens with zero attached hydrogens (tertiary/aromatic N) is 1. The number of benzene rings is 1. The number of nitrogens with two attached hydrogens (primary N) is 1. The Labute approximate surface area is 127 Å². The Morgan fingerprint density at radius 2 is 2.10 bits per heavy atom. The second kappa shape index (κ2) is 8.28. The third kappa shape index (κ3) is 4.22. The molecule has 1 aliphatic heterocycles. The Morgan fingerprint density at radius 1 is 1.40 bits per heavy atom. The number of hydrogen-bond acceptors (Lipinski definition) is 2. The van der Waals surface area contributed by atoms with E-state index in [9.17, 15) is 4.79 Å². The Hall–Kier alpha value is -1.06. The first-order chi connectivity index (χ1) is 9.22. The van der Waals surface area contributed by atoms with Crippen molar-refractivity contribution >= 4 is 18.3 Å². The van der Waals surface area contributed by atoms with E-state index in [1.165, 1.54) is 6.42 Å². The van der Waals surface area contributed by atoms with E-state index in [-0.39, 0.29) is 24.2 Å². The zero-order chi connectivity index (χ0) is 13.7. The Kier molecular flexibility index (Phi) is 7.03. The van der Waals surface area contributed by atoms with Crippen LogP contribution in [0.4, 0.5) is 0 Å². The van der Waals surface area contributed by atoms with Gasteiger partial charge in [0.25, 0.3) is 0 Å². The Bertz CT molecular complexity index is 408.